The van der Waals surface area contributed by atoms with Gasteiger partial charge in [-0.15, -0.1) is 13.2 Å². The molecule has 0 saturated heterocycles. The SMILES string of the molecule is N#Cc1cccc(NC(=O)Nc2ccc(OC(F)(F)F)cc2)c1. The number of benzene rings is 2. The topological polar surface area (TPSA) is 74.2 Å². The number of nitrogens with one attached hydrogen (secondary N) is 2. The lowest BCUT2D eigenvalue weighted by molar-refractivity contribution is -0.274. The van der Waals surface area contributed by atoms with E-state index in [1.807, 2.05) is 6.07 Å². The molecule has 2 aromatic rings. The Kier molecular flexibility index (Phi) is 4.71. The Morgan fingerprint density at radius 1 is 1.04 bits per heavy atom. The molecule has 0 aliphatic carbocycles. The number of hydrogen-bond acceptors (Lipinski definition) is 3. The zero-order valence-corrected chi connectivity index (χ0v) is 11.5. The number of urea groups is 1. The monoisotopic (exact) mass is 321 g/mol. The van der Waals surface area contributed by atoms with Gasteiger partial charge >= 0.3 is 12.4 Å². The quantitative estimate of drug-likeness (QED) is 0.893. The molecule has 8 heteroatoms. The Morgan fingerprint density at radius 3 is 2.30 bits per heavy atom. The number of anilines is 2. The second-order valence-corrected chi connectivity index (χ2v) is 4.34. The fourth-order valence-corrected chi connectivity index (χ4v) is 1.70. The number of nitriles is 1. The molecule has 0 aliphatic heterocycles. The number of amides is 2. The molecule has 118 valence electrons. The molecular formula is C15H10F3N3O2. The lowest BCUT2D eigenvalue weighted by atomic mass is 10.2. The Bertz CT molecular complexity index is 737. The Labute approximate surface area is 129 Å². The first-order chi connectivity index (χ1) is 10.9. The molecule has 0 spiro atoms. The van der Waals surface area contributed by atoms with Crippen LogP contribution < -0.4 is 15.4 Å². The van der Waals surface area contributed by atoms with Gasteiger partial charge in [-0.25, -0.2) is 4.79 Å². The standard InChI is InChI=1S/C15H10F3N3O2/c16-15(17,18)23-13-6-4-11(5-7-13)20-14(22)21-12-3-1-2-10(8-12)9-19/h1-8H,(H2,20,21,22). The van der Waals surface area contributed by atoms with E-state index < -0.39 is 12.4 Å². The predicted molar refractivity (Wildman–Crippen MR) is 76.9 cm³/mol. The van der Waals surface area contributed by atoms with E-state index in [0.717, 1.165) is 12.1 Å². The summed E-state index contributed by atoms with van der Waals surface area (Å²) in [7, 11) is 0. The number of halogens is 3. The number of carbonyl (C=O) groups excluding carboxylic acids is 1. The number of hydrogen-bond donors (Lipinski definition) is 2. The summed E-state index contributed by atoms with van der Waals surface area (Å²) in [4.78, 5) is 11.8. The highest BCUT2D eigenvalue weighted by Crippen LogP contribution is 2.24. The van der Waals surface area contributed by atoms with Gasteiger partial charge < -0.3 is 15.4 Å². The predicted octanol–water partition coefficient (Wildman–Crippen LogP) is 4.10. The molecule has 2 N–H and O–H groups in total. The molecule has 0 unspecified atom stereocenters. The first kappa shape index (κ1) is 16.2. The van der Waals surface area contributed by atoms with Crippen LogP contribution in [-0.4, -0.2) is 12.4 Å². The summed E-state index contributed by atoms with van der Waals surface area (Å²) in [5.74, 6) is -0.384. The van der Waals surface area contributed by atoms with Gasteiger partial charge in [0.1, 0.15) is 5.75 Å². The second kappa shape index (κ2) is 6.70. The van der Waals surface area contributed by atoms with Crippen LogP contribution in [0, 0.1) is 11.3 Å². The molecule has 0 aromatic heterocycles. The Morgan fingerprint density at radius 2 is 1.70 bits per heavy atom. The number of ether oxygens (including phenoxy) is 1. The van der Waals surface area contributed by atoms with E-state index in [0.29, 0.717) is 11.3 Å². The summed E-state index contributed by atoms with van der Waals surface area (Å²) in [5.41, 5.74) is 1.09. The van der Waals surface area contributed by atoms with Crippen molar-refractivity contribution in [1.29, 1.82) is 5.26 Å². The van der Waals surface area contributed by atoms with Gasteiger partial charge in [-0.2, -0.15) is 5.26 Å². The third-order valence-electron chi connectivity index (χ3n) is 2.60. The van der Waals surface area contributed by atoms with Gasteiger partial charge in [0.05, 0.1) is 11.6 Å². The van der Waals surface area contributed by atoms with Crippen molar-refractivity contribution >= 4 is 17.4 Å². The van der Waals surface area contributed by atoms with Gasteiger partial charge in [0.15, 0.2) is 0 Å². The Hall–Kier alpha value is -3.21. The van der Waals surface area contributed by atoms with Crippen molar-refractivity contribution in [3.8, 4) is 11.8 Å². The van der Waals surface area contributed by atoms with Crippen LogP contribution in [0.1, 0.15) is 5.56 Å². The highest BCUT2D eigenvalue weighted by atomic mass is 19.4. The van der Waals surface area contributed by atoms with E-state index in [4.69, 9.17) is 5.26 Å². The van der Waals surface area contributed by atoms with E-state index in [9.17, 15) is 18.0 Å². The van der Waals surface area contributed by atoms with Crippen LogP contribution in [0.3, 0.4) is 0 Å². The molecule has 2 amide bonds. The van der Waals surface area contributed by atoms with Crippen LogP contribution in [-0.2, 0) is 0 Å². The smallest absolute Gasteiger partial charge is 0.406 e. The summed E-state index contributed by atoms with van der Waals surface area (Å²) in [6.07, 6.45) is -4.77. The van der Waals surface area contributed by atoms with Gasteiger partial charge in [0.25, 0.3) is 0 Å². The van der Waals surface area contributed by atoms with Crippen molar-refractivity contribution in [3.05, 3.63) is 54.1 Å². The molecule has 2 rings (SSSR count). The van der Waals surface area contributed by atoms with Gasteiger partial charge in [-0.05, 0) is 42.5 Å². The van der Waals surface area contributed by atoms with Crippen LogP contribution in [0.2, 0.25) is 0 Å². The summed E-state index contributed by atoms with van der Waals surface area (Å²) >= 11 is 0. The van der Waals surface area contributed by atoms with Crippen molar-refractivity contribution in [2.24, 2.45) is 0 Å². The molecule has 0 fully saturated rings. The fourth-order valence-electron chi connectivity index (χ4n) is 1.70. The highest BCUT2D eigenvalue weighted by molar-refractivity contribution is 5.99. The maximum atomic E-state index is 12.0. The molecule has 0 atom stereocenters. The largest absolute Gasteiger partial charge is 0.573 e. The number of alkyl halides is 3. The van der Waals surface area contributed by atoms with Crippen molar-refractivity contribution in [2.75, 3.05) is 10.6 Å². The third kappa shape index (κ3) is 5.24. The average molecular weight is 321 g/mol. The zero-order valence-electron chi connectivity index (χ0n) is 11.5. The summed E-state index contributed by atoms with van der Waals surface area (Å²) < 4.78 is 39.8. The van der Waals surface area contributed by atoms with Crippen LogP contribution in [0.25, 0.3) is 0 Å². The third-order valence-corrected chi connectivity index (χ3v) is 2.60. The van der Waals surface area contributed by atoms with Crippen molar-refractivity contribution < 1.29 is 22.7 Å². The first-order valence-electron chi connectivity index (χ1n) is 6.30. The lowest BCUT2D eigenvalue weighted by Crippen LogP contribution is -2.19. The normalized spacial score (nSPS) is 10.5. The number of carbonyl (C=O) groups is 1. The zero-order chi connectivity index (χ0) is 16.9. The molecule has 0 bridgehead atoms. The number of nitrogens with zero attached hydrogens (tertiary/aromatic N) is 1. The minimum Gasteiger partial charge on any atom is -0.406 e. The van der Waals surface area contributed by atoms with E-state index >= 15 is 0 Å². The Balaban J connectivity index is 1.96. The minimum atomic E-state index is -4.77. The minimum absolute atomic E-state index is 0.286. The van der Waals surface area contributed by atoms with Crippen LogP contribution in [0.15, 0.2) is 48.5 Å². The molecule has 0 radical (unpaired) electrons. The molecule has 2 aromatic carbocycles. The maximum Gasteiger partial charge on any atom is 0.573 e. The van der Waals surface area contributed by atoms with Crippen LogP contribution >= 0.6 is 0 Å². The molecule has 0 aliphatic rings. The molecular weight excluding hydrogens is 311 g/mol. The molecule has 0 heterocycles. The molecule has 23 heavy (non-hydrogen) atoms. The molecule has 0 saturated carbocycles. The van der Waals surface area contributed by atoms with E-state index in [1.54, 1.807) is 18.2 Å². The van der Waals surface area contributed by atoms with E-state index in [2.05, 4.69) is 15.4 Å². The van der Waals surface area contributed by atoms with Crippen LogP contribution in [0.5, 0.6) is 5.75 Å². The van der Waals surface area contributed by atoms with Crippen LogP contribution in [0.4, 0.5) is 29.3 Å². The average Bonchev–Trinajstić information content (AvgIpc) is 2.48. The number of rotatable bonds is 3. The van der Waals surface area contributed by atoms with Gasteiger partial charge in [0.2, 0.25) is 0 Å². The van der Waals surface area contributed by atoms with E-state index in [1.165, 1.54) is 18.2 Å². The van der Waals surface area contributed by atoms with E-state index in [-0.39, 0.29) is 11.4 Å². The fraction of sp³-hybridized carbons (Fsp3) is 0.0667. The van der Waals surface area contributed by atoms with Gasteiger partial charge in [-0.3, -0.25) is 0 Å². The summed E-state index contributed by atoms with van der Waals surface area (Å²) in [5, 5.41) is 13.7. The lowest BCUT2D eigenvalue weighted by Gasteiger charge is -2.10. The first-order valence-corrected chi connectivity index (χ1v) is 6.30. The maximum absolute atomic E-state index is 12.0. The van der Waals surface area contributed by atoms with Crippen molar-refractivity contribution in [1.82, 2.24) is 0 Å². The highest BCUT2D eigenvalue weighted by Gasteiger charge is 2.30. The van der Waals surface area contributed by atoms with Crippen molar-refractivity contribution in [3.63, 3.8) is 0 Å². The summed E-state index contributed by atoms with van der Waals surface area (Å²) in [6.45, 7) is 0. The second-order valence-electron chi connectivity index (χ2n) is 4.34. The summed E-state index contributed by atoms with van der Waals surface area (Å²) in [6, 6.07) is 12.3. The van der Waals surface area contributed by atoms with Gasteiger partial charge in [-0.1, -0.05) is 6.07 Å². The van der Waals surface area contributed by atoms with Crippen molar-refractivity contribution in [2.45, 2.75) is 6.36 Å². The molecule has 5 nitrogen and oxygen atoms in total. The van der Waals surface area contributed by atoms with Gasteiger partial charge in [0, 0.05) is 11.4 Å².